The third kappa shape index (κ3) is 5.60. The molecule has 0 amide bonds. The predicted octanol–water partition coefficient (Wildman–Crippen LogP) is 3.37. The molecule has 5 heteroatoms. The lowest BCUT2D eigenvalue weighted by molar-refractivity contribution is 0.798. The van der Waals surface area contributed by atoms with Gasteiger partial charge < -0.3 is 10.6 Å². The Kier molecular flexibility index (Phi) is 6.94. The number of hydrogen-bond donors (Lipinski definition) is 2. The Morgan fingerprint density at radius 3 is 2.78 bits per heavy atom. The number of nitrogens with one attached hydrogen (secondary N) is 2. The van der Waals surface area contributed by atoms with Crippen LogP contribution in [-0.2, 0) is 13.1 Å². The molecule has 1 aromatic heterocycles. The van der Waals surface area contributed by atoms with Crippen LogP contribution in [0.5, 0.6) is 0 Å². The lowest BCUT2D eigenvalue weighted by Gasteiger charge is -2.12. The van der Waals surface area contributed by atoms with Crippen LogP contribution >= 0.6 is 11.8 Å². The van der Waals surface area contributed by atoms with Gasteiger partial charge in [0.15, 0.2) is 5.96 Å². The predicted molar refractivity (Wildman–Crippen MR) is 98.9 cm³/mol. The van der Waals surface area contributed by atoms with E-state index in [4.69, 9.17) is 4.99 Å². The van der Waals surface area contributed by atoms with E-state index in [-0.39, 0.29) is 0 Å². The summed E-state index contributed by atoms with van der Waals surface area (Å²) in [6, 6.07) is 12.4. The van der Waals surface area contributed by atoms with Crippen LogP contribution in [0.3, 0.4) is 0 Å². The molecule has 2 aromatic rings. The normalized spacial score (nSPS) is 11.3. The first kappa shape index (κ1) is 17.3. The van der Waals surface area contributed by atoms with E-state index in [0.717, 1.165) is 18.2 Å². The van der Waals surface area contributed by atoms with Crippen molar-refractivity contribution in [3.8, 4) is 0 Å². The molecular weight excluding hydrogens is 304 g/mol. The Balaban J connectivity index is 2.03. The van der Waals surface area contributed by atoms with Gasteiger partial charge in [0.1, 0.15) is 0 Å². The molecule has 23 heavy (non-hydrogen) atoms. The molecule has 0 unspecified atom stereocenters. The van der Waals surface area contributed by atoms with E-state index in [9.17, 15) is 0 Å². The lowest BCUT2D eigenvalue weighted by atomic mass is 10.1. The number of rotatable bonds is 6. The van der Waals surface area contributed by atoms with Gasteiger partial charge in [-0.2, -0.15) is 0 Å². The zero-order valence-corrected chi connectivity index (χ0v) is 14.8. The lowest BCUT2D eigenvalue weighted by Crippen LogP contribution is -2.37. The van der Waals surface area contributed by atoms with Crippen molar-refractivity contribution >= 4 is 17.7 Å². The second kappa shape index (κ2) is 9.20. The van der Waals surface area contributed by atoms with Crippen LogP contribution in [0.4, 0.5) is 0 Å². The fourth-order valence-electron chi connectivity index (χ4n) is 2.17. The molecule has 122 valence electrons. The summed E-state index contributed by atoms with van der Waals surface area (Å²) in [6.45, 7) is 6.34. The van der Waals surface area contributed by atoms with E-state index in [1.54, 1.807) is 18.0 Å². The molecule has 0 aliphatic rings. The van der Waals surface area contributed by atoms with Crippen molar-refractivity contribution in [3.63, 3.8) is 0 Å². The quantitative estimate of drug-likeness (QED) is 0.485. The van der Waals surface area contributed by atoms with Gasteiger partial charge in [-0.3, -0.25) is 4.98 Å². The van der Waals surface area contributed by atoms with E-state index >= 15 is 0 Å². The number of thioether (sulfide) groups is 1. The van der Waals surface area contributed by atoms with Crippen LogP contribution in [-0.4, -0.2) is 23.7 Å². The highest BCUT2D eigenvalue weighted by atomic mass is 32.2. The minimum atomic E-state index is 0.661. The highest BCUT2D eigenvalue weighted by Gasteiger charge is 2.03. The molecule has 2 rings (SSSR count). The van der Waals surface area contributed by atoms with Gasteiger partial charge in [-0.05, 0) is 49.4 Å². The number of aromatic nitrogens is 1. The second-order valence-corrected chi connectivity index (χ2v) is 6.03. The second-order valence-electron chi connectivity index (χ2n) is 5.19. The van der Waals surface area contributed by atoms with E-state index in [0.29, 0.717) is 13.1 Å². The molecule has 4 nitrogen and oxygen atoms in total. The van der Waals surface area contributed by atoms with E-state index in [2.05, 4.69) is 53.9 Å². The van der Waals surface area contributed by atoms with Crippen LogP contribution in [0, 0.1) is 6.92 Å². The summed E-state index contributed by atoms with van der Waals surface area (Å²) in [5.74, 6) is 0.811. The van der Waals surface area contributed by atoms with Gasteiger partial charge in [-0.15, -0.1) is 11.8 Å². The average Bonchev–Trinajstić information content (AvgIpc) is 2.59. The van der Waals surface area contributed by atoms with Crippen molar-refractivity contribution in [1.82, 2.24) is 15.6 Å². The van der Waals surface area contributed by atoms with Crippen molar-refractivity contribution in [2.24, 2.45) is 4.99 Å². The van der Waals surface area contributed by atoms with Crippen molar-refractivity contribution in [2.75, 3.05) is 12.8 Å². The maximum atomic E-state index is 4.69. The molecule has 0 bridgehead atoms. The Morgan fingerprint density at radius 1 is 1.22 bits per heavy atom. The van der Waals surface area contributed by atoms with Crippen LogP contribution in [0.2, 0.25) is 0 Å². The molecule has 1 heterocycles. The summed E-state index contributed by atoms with van der Waals surface area (Å²) < 4.78 is 0. The van der Waals surface area contributed by atoms with Gasteiger partial charge in [0.25, 0.3) is 0 Å². The smallest absolute Gasteiger partial charge is 0.191 e. The van der Waals surface area contributed by atoms with E-state index in [1.807, 2.05) is 18.2 Å². The summed E-state index contributed by atoms with van der Waals surface area (Å²) in [5, 5.41) is 6.60. The van der Waals surface area contributed by atoms with E-state index in [1.165, 1.54) is 16.0 Å². The third-order valence-electron chi connectivity index (χ3n) is 3.36. The topological polar surface area (TPSA) is 49.3 Å². The van der Waals surface area contributed by atoms with Gasteiger partial charge >= 0.3 is 0 Å². The molecular formula is C18H24N4S. The van der Waals surface area contributed by atoms with E-state index < -0.39 is 0 Å². The molecule has 0 atom stereocenters. The zero-order chi connectivity index (χ0) is 16.5. The monoisotopic (exact) mass is 328 g/mol. The molecule has 0 aliphatic carbocycles. The number of aryl methyl sites for hydroxylation is 1. The van der Waals surface area contributed by atoms with Crippen LogP contribution < -0.4 is 10.6 Å². The first-order valence-corrected chi connectivity index (χ1v) is 9.01. The van der Waals surface area contributed by atoms with Crippen LogP contribution in [0.25, 0.3) is 0 Å². The molecule has 0 saturated heterocycles. The first-order chi connectivity index (χ1) is 11.2. The molecule has 0 saturated carbocycles. The number of pyridine rings is 1. The van der Waals surface area contributed by atoms with Gasteiger partial charge in [0.05, 0.1) is 18.8 Å². The number of aliphatic imine (C=N–C) groups is 1. The van der Waals surface area contributed by atoms with Crippen molar-refractivity contribution in [3.05, 3.63) is 59.4 Å². The highest BCUT2D eigenvalue weighted by molar-refractivity contribution is 7.98. The molecule has 1 aromatic carbocycles. The van der Waals surface area contributed by atoms with Crippen LogP contribution in [0.1, 0.15) is 23.7 Å². The van der Waals surface area contributed by atoms with Crippen LogP contribution in [0.15, 0.2) is 52.5 Å². The average molecular weight is 328 g/mol. The van der Waals surface area contributed by atoms with Gasteiger partial charge in [-0.25, -0.2) is 4.99 Å². The fraction of sp³-hybridized carbons (Fsp3) is 0.333. The molecule has 0 fully saturated rings. The van der Waals surface area contributed by atoms with Gasteiger partial charge in [-0.1, -0.05) is 18.2 Å². The summed E-state index contributed by atoms with van der Waals surface area (Å²) in [7, 11) is 0. The number of benzene rings is 1. The fourth-order valence-corrected chi connectivity index (χ4v) is 2.86. The summed E-state index contributed by atoms with van der Waals surface area (Å²) in [5.41, 5.74) is 3.53. The Hall–Kier alpha value is -2.01. The minimum Gasteiger partial charge on any atom is -0.357 e. The summed E-state index contributed by atoms with van der Waals surface area (Å²) in [4.78, 5) is 10.3. The molecule has 2 N–H and O–H groups in total. The Morgan fingerprint density at radius 2 is 2.09 bits per heavy atom. The molecule has 0 radical (unpaired) electrons. The van der Waals surface area contributed by atoms with Gasteiger partial charge in [0, 0.05) is 17.6 Å². The maximum absolute atomic E-state index is 4.69. The minimum absolute atomic E-state index is 0.661. The number of hydrogen-bond acceptors (Lipinski definition) is 3. The first-order valence-electron chi connectivity index (χ1n) is 7.78. The van der Waals surface area contributed by atoms with Gasteiger partial charge in [0.2, 0.25) is 0 Å². The number of nitrogens with zero attached hydrogens (tertiary/aromatic N) is 2. The summed E-state index contributed by atoms with van der Waals surface area (Å²) >= 11 is 1.76. The SMILES string of the molecule is CCNC(=NCc1ccc(C)cc1SC)NCc1ccccn1. The Bertz CT molecular complexity index is 641. The molecule has 0 aliphatic heterocycles. The highest BCUT2D eigenvalue weighted by Crippen LogP contribution is 2.22. The summed E-state index contributed by atoms with van der Waals surface area (Å²) in [6.07, 6.45) is 3.91. The van der Waals surface area contributed by atoms with Crippen molar-refractivity contribution < 1.29 is 0 Å². The standard InChI is InChI=1S/C18H24N4S/c1-4-19-18(22-13-16-7-5-6-10-20-16)21-12-15-9-8-14(2)11-17(15)23-3/h5-11H,4,12-13H2,1-3H3,(H2,19,21,22). The maximum Gasteiger partial charge on any atom is 0.191 e. The third-order valence-corrected chi connectivity index (χ3v) is 4.18. The number of guanidine groups is 1. The molecule has 0 spiro atoms. The Labute approximate surface area is 142 Å². The zero-order valence-electron chi connectivity index (χ0n) is 14.0. The largest absolute Gasteiger partial charge is 0.357 e. The van der Waals surface area contributed by atoms with Crippen molar-refractivity contribution in [2.45, 2.75) is 31.8 Å². The van der Waals surface area contributed by atoms with Crippen molar-refractivity contribution in [1.29, 1.82) is 0 Å².